The van der Waals surface area contributed by atoms with Crippen molar-refractivity contribution in [3.8, 4) is 0 Å². The summed E-state index contributed by atoms with van der Waals surface area (Å²) in [6.07, 6.45) is 8.34. The van der Waals surface area contributed by atoms with E-state index in [-0.39, 0.29) is 18.0 Å². The van der Waals surface area contributed by atoms with Crippen molar-refractivity contribution >= 4 is 5.97 Å². The van der Waals surface area contributed by atoms with Gasteiger partial charge >= 0.3 is 5.97 Å². The maximum atomic E-state index is 12.3. The Morgan fingerprint density at radius 3 is 3.05 bits per heavy atom. The molecule has 5 atom stereocenters. The second-order valence-electron chi connectivity index (χ2n) is 7.96. The average molecular weight is 305 g/mol. The highest BCUT2D eigenvalue weighted by Gasteiger charge is 2.54. The summed E-state index contributed by atoms with van der Waals surface area (Å²) in [7, 11) is 0. The molecular formula is C19H31NO2. The van der Waals surface area contributed by atoms with E-state index in [0.717, 1.165) is 25.9 Å². The lowest BCUT2D eigenvalue weighted by atomic mass is 9.55. The maximum absolute atomic E-state index is 12.3. The summed E-state index contributed by atoms with van der Waals surface area (Å²) in [5.74, 6) is 1.08. The van der Waals surface area contributed by atoms with E-state index in [0.29, 0.717) is 17.3 Å². The van der Waals surface area contributed by atoms with Crippen LogP contribution in [0.5, 0.6) is 0 Å². The van der Waals surface area contributed by atoms with Crippen LogP contribution in [0.15, 0.2) is 12.2 Å². The van der Waals surface area contributed by atoms with E-state index in [2.05, 4.69) is 25.7 Å². The van der Waals surface area contributed by atoms with Crippen molar-refractivity contribution in [1.82, 2.24) is 5.32 Å². The number of carbonyl (C=O) groups is 1. The zero-order chi connectivity index (χ0) is 15.7. The fourth-order valence-electron chi connectivity index (χ4n) is 5.05. The molecule has 3 aliphatic rings. The third-order valence-corrected chi connectivity index (χ3v) is 6.39. The number of fused-ring (bicyclic) bond motifs is 2. The molecule has 22 heavy (non-hydrogen) atoms. The number of nitrogens with one attached hydrogen (secondary N) is 1. The van der Waals surface area contributed by atoms with Crippen molar-refractivity contribution < 1.29 is 9.53 Å². The number of hydrogen-bond donors (Lipinski definition) is 1. The van der Waals surface area contributed by atoms with Gasteiger partial charge in [-0.15, -0.1) is 0 Å². The number of unbranched alkanes of at least 4 members (excludes halogenated alkanes) is 1. The van der Waals surface area contributed by atoms with E-state index in [1.54, 1.807) is 0 Å². The molecule has 0 aromatic carbocycles. The van der Waals surface area contributed by atoms with Crippen LogP contribution in [-0.2, 0) is 9.53 Å². The fourth-order valence-corrected chi connectivity index (χ4v) is 5.05. The normalized spacial score (nSPS) is 41.0. The van der Waals surface area contributed by atoms with Crippen LogP contribution in [0, 0.1) is 23.2 Å². The number of allylic oxidation sites excluding steroid dienone is 1. The Morgan fingerprint density at radius 1 is 1.45 bits per heavy atom. The molecular weight excluding hydrogens is 274 g/mol. The number of rotatable bonds is 5. The molecule has 5 unspecified atom stereocenters. The van der Waals surface area contributed by atoms with Gasteiger partial charge in [0.05, 0.1) is 5.92 Å². The Balaban J connectivity index is 1.67. The Hall–Kier alpha value is -0.830. The van der Waals surface area contributed by atoms with Gasteiger partial charge in [-0.1, -0.05) is 32.4 Å². The molecule has 1 saturated heterocycles. The van der Waals surface area contributed by atoms with Crippen LogP contribution in [0.3, 0.4) is 0 Å². The molecule has 1 aliphatic heterocycles. The summed E-state index contributed by atoms with van der Waals surface area (Å²) in [6.45, 7) is 10.7. The number of hydrogen-bond acceptors (Lipinski definition) is 3. The van der Waals surface area contributed by atoms with E-state index in [4.69, 9.17) is 4.74 Å². The molecule has 1 N–H and O–H groups in total. The molecule has 0 bridgehead atoms. The second kappa shape index (κ2) is 6.35. The smallest absolute Gasteiger partial charge is 0.310 e. The maximum Gasteiger partial charge on any atom is 0.310 e. The molecule has 3 rings (SSSR count). The van der Waals surface area contributed by atoms with Gasteiger partial charge in [-0.3, -0.25) is 4.79 Å². The van der Waals surface area contributed by atoms with Crippen LogP contribution >= 0.6 is 0 Å². The predicted octanol–water partition coefficient (Wildman–Crippen LogP) is 3.69. The first kappa shape index (κ1) is 16.0. The van der Waals surface area contributed by atoms with E-state index < -0.39 is 0 Å². The van der Waals surface area contributed by atoms with Gasteiger partial charge < -0.3 is 10.1 Å². The summed E-state index contributed by atoms with van der Waals surface area (Å²) in [5.41, 5.74) is 1.73. The minimum Gasteiger partial charge on any atom is -0.462 e. The lowest BCUT2D eigenvalue weighted by Crippen LogP contribution is -2.45. The Bertz CT molecular complexity index is 447. The molecule has 1 heterocycles. The van der Waals surface area contributed by atoms with Gasteiger partial charge in [0.15, 0.2) is 0 Å². The van der Waals surface area contributed by atoms with Gasteiger partial charge in [0.25, 0.3) is 0 Å². The lowest BCUT2D eigenvalue weighted by molar-refractivity contribution is -0.146. The molecule has 0 aromatic rings. The molecule has 3 heteroatoms. The molecule has 2 aliphatic carbocycles. The van der Waals surface area contributed by atoms with E-state index in [1.165, 1.54) is 37.7 Å². The molecule has 0 aromatic heterocycles. The standard InChI is InChI=1S/C19H31NO2/c1-4-5-9-20-12-15-14-10-16-13(2)7-6-8-19(16,3)11-17(14)22-18(15)21/h14-17,20H,2,4-12H2,1,3H3. The number of esters is 1. The third-order valence-electron chi connectivity index (χ3n) is 6.39. The quantitative estimate of drug-likeness (QED) is 0.478. The van der Waals surface area contributed by atoms with Gasteiger partial charge in [0.1, 0.15) is 6.10 Å². The number of carbonyl (C=O) groups excluding carboxylic acids is 1. The average Bonchev–Trinajstić information content (AvgIpc) is 2.76. The zero-order valence-electron chi connectivity index (χ0n) is 14.2. The summed E-state index contributed by atoms with van der Waals surface area (Å²) in [4.78, 5) is 12.3. The summed E-state index contributed by atoms with van der Waals surface area (Å²) in [6, 6.07) is 0. The van der Waals surface area contributed by atoms with Crippen molar-refractivity contribution in [2.24, 2.45) is 23.2 Å². The van der Waals surface area contributed by atoms with Crippen LogP contribution in [0.4, 0.5) is 0 Å². The second-order valence-corrected chi connectivity index (χ2v) is 7.96. The van der Waals surface area contributed by atoms with E-state index in [9.17, 15) is 4.79 Å². The molecule has 3 fully saturated rings. The third kappa shape index (κ3) is 2.84. The molecule has 0 spiro atoms. The number of ether oxygens (including phenoxy) is 1. The highest BCUT2D eigenvalue weighted by molar-refractivity contribution is 5.75. The minimum atomic E-state index is 0.0341. The van der Waals surface area contributed by atoms with Gasteiger partial charge in [-0.2, -0.15) is 0 Å². The molecule has 2 saturated carbocycles. The molecule has 0 amide bonds. The first-order valence-corrected chi connectivity index (χ1v) is 9.14. The van der Waals surface area contributed by atoms with Crippen LogP contribution in [0.25, 0.3) is 0 Å². The first-order valence-electron chi connectivity index (χ1n) is 9.14. The van der Waals surface area contributed by atoms with Crippen molar-refractivity contribution in [3.05, 3.63) is 12.2 Å². The lowest BCUT2D eigenvalue weighted by Gasteiger charge is -2.50. The zero-order valence-corrected chi connectivity index (χ0v) is 14.2. The van der Waals surface area contributed by atoms with Crippen molar-refractivity contribution in [1.29, 1.82) is 0 Å². The summed E-state index contributed by atoms with van der Waals surface area (Å²) >= 11 is 0. The summed E-state index contributed by atoms with van der Waals surface area (Å²) in [5, 5.41) is 3.46. The van der Waals surface area contributed by atoms with Crippen LogP contribution in [0.1, 0.15) is 58.8 Å². The highest BCUT2D eigenvalue weighted by atomic mass is 16.6. The summed E-state index contributed by atoms with van der Waals surface area (Å²) < 4.78 is 5.78. The van der Waals surface area contributed by atoms with Crippen molar-refractivity contribution in [2.75, 3.05) is 13.1 Å². The molecule has 0 radical (unpaired) electrons. The SMILES string of the molecule is C=C1CCCC2(C)CC3OC(=O)C(CNCCCC)C3CC12. The van der Waals surface area contributed by atoms with E-state index in [1.807, 2.05) is 0 Å². The Kier molecular flexibility index (Phi) is 4.63. The molecule has 124 valence electrons. The van der Waals surface area contributed by atoms with Crippen LogP contribution in [-0.4, -0.2) is 25.2 Å². The van der Waals surface area contributed by atoms with Crippen molar-refractivity contribution in [2.45, 2.75) is 64.9 Å². The Labute approximate surface area is 134 Å². The van der Waals surface area contributed by atoms with Crippen LogP contribution in [0.2, 0.25) is 0 Å². The van der Waals surface area contributed by atoms with Gasteiger partial charge in [-0.05, 0) is 56.4 Å². The predicted molar refractivity (Wildman–Crippen MR) is 88.5 cm³/mol. The van der Waals surface area contributed by atoms with Crippen LogP contribution < -0.4 is 5.32 Å². The van der Waals surface area contributed by atoms with E-state index >= 15 is 0 Å². The van der Waals surface area contributed by atoms with Gasteiger partial charge in [0, 0.05) is 12.5 Å². The Morgan fingerprint density at radius 2 is 2.27 bits per heavy atom. The largest absolute Gasteiger partial charge is 0.462 e. The van der Waals surface area contributed by atoms with Gasteiger partial charge in [0.2, 0.25) is 0 Å². The fraction of sp³-hybridized carbons (Fsp3) is 0.842. The highest BCUT2D eigenvalue weighted by Crippen LogP contribution is 2.56. The monoisotopic (exact) mass is 305 g/mol. The van der Waals surface area contributed by atoms with Crippen molar-refractivity contribution in [3.63, 3.8) is 0 Å². The molecule has 3 nitrogen and oxygen atoms in total. The topological polar surface area (TPSA) is 38.3 Å². The first-order chi connectivity index (χ1) is 10.5. The minimum absolute atomic E-state index is 0.0341. The van der Waals surface area contributed by atoms with Gasteiger partial charge in [-0.25, -0.2) is 0 Å².